The topological polar surface area (TPSA) is 48.0 Å². The predicted octanol–water partition coefficient (Wildman–Crippen LogP) is 4.29. The molecule has 1 fully saturated rings. The fourth-order valence-electron chi connectivity index (χ4n) is 3.95. The molecular formula is C23H27NO4. The monoisotopic (exact) mass is 381 g/mol. The molecule has 0 bridgehead atoms. The molecule has 2 aromatic carbocycles. The second kappa shape index (κ2) is 8.55. The van der Waals surface area contributed by atoms with Crippen LogP contribution in [0.5, 0.6) is 17.2 Å². The summed E-state index contributed by atoms with van der Waals surface area (Å²) in [5.74, 6) is 2.67. The number of amides is 1. The van der Waals surface area contributed by atoms with Gasteiger partial charge in [-0.1, -0.05) is 24.3 Å². The summed E-state index contributed by atoms with van der Waals surface area (Å²) in [5, 5.41) is 0. The Balaban J connectivity index is 1.33. The Bertz CT molecular complexity index is 835. The number of nitrogens with zero attached hydrogens (tertiary/aromatic N) is 1. The van der Waals surface area contributed by atoms with Crippen LogP contribution in [-0.4, -0.2) is 37.2 Å². The Hall–Kier alpha value is -2.69. The van der Waals surface area contributed by atoms with Gasteiger partial charge in [-0.2, -0.15) is 0 Å². The minimum Gasteiger partial charge on any atom is -0.493 e. The van der Waals surface area contributed by atoms with E-state index in [4.69, 9.17) is 14.2 Å². The highest BCUT2D eigenvalue weighted by Gasteiger charge is 2.30. The van der Waals surface area contributed by atoms with Crippen LogP contribution in [0.1, 0.15) is 42.9 Å². The van der Waals surface area contributed by atoms with Gasteiger partial charge in [0.05, 0.1) is 12.6 Å². The fraction of sp³-hybridized carbons (Fsp3) is 0.435. The van der Waals surface area contributed by atoms with E-state index in [-0.39, 0.29) is 11.9 Å². The molecule has 28 heavy (non-hydrogen) atoms. The number of aryl methyl sites for hydroxylation is 1. The molecule has 2 aliphatic heterocycles. The highest BCUT2D eigenvalue weighted by molar-refractivity contribution is 5.77. The fourth-order valence-corrected chi connectivity index (χ4v) is 3.95. The summed E-state index contributed by atoms with van der Waals surface area (Å²) in [6.45, 7) is 4.56. The molecule has 2 aromatic rings. The number of hydrogen-bond donors (Lipinski definition) is 0. The summed E-state index contributed by atoms with van der Waals surface area (Å²) < 4.78 is 17.1. The lowest BCUT2D eigenvalue weighted by atomic mass is 10.0. The highest BCUT2D eigenvalue weighted by atomic mass is 16.6. The number of rotatable bonds is 6. The van der Waals surface area contributed by atoms with E-state index < -0.39 is 0 Å². The molecule has 0 radical (unpaired) electrons. The van der Waals surface area contributed by atoms with Gasteiger partial charge < -0.3 is 19.1 Å². The lowest BCUT2D eigenvalue weighted by Crippen LogP contribution is -2.30. The summed E-state index contributed by atoms with van der Waals surface area (Å²) >= 11 is 0. The minimum atomic E-state index is 0.126. The van der Waals surface area contributed by atoms with Crippen LogP contribution in [0.4, 0.5) is 0 Å². The number of carbonyl (C=O) groups is 1. The van der Waals surface area contributed by atoms with E-state index in [0.717, 1.165) is 54.2 Å². The Morgan fingerprint density at radius 3 is 2.82 bits per heavy atom. The summed E-state index contributed by atoms with van der Waals surface area (Å²) in [4.78, 5) is 14.8. The van der Waals surface area contributed by atoms with Crippen molar-refractivity contribution in [3.63, 3.8) is 0 Å². The van der Waals surface area contributed by atoms with Gasteiger partial charge in [-0.05, 0) is 55.5 Å². The van der Waals surface area contributed by atoms with Crippen LogP contribution in [0.15, 0.2) is 42.5 Å². The molecule has 1 saturated heterocycles. The summed E-state index contributed by atoms with van der Waals surface area (Å²) in [6, 6.07) is 14.1. The van der Waals surface area contributed by atoms with Gasteiger partial charge in [-0.15, -0.1) is 0 Å². The van der Waals surface area contributed by atoms with Crippen molar-refractivity contribution in [1.29, 1.82) is 0 Å². The average Bonchev–Trinajstić information content (AvgIpc) is 3.22. The first kappa shape index (κ1) is 18.7. The van der Waals surface area contributed by atoms with Crippen molar-refractivity contribution in [2.75, 3.05) is 26.4 Å². The first-order valence-corrected chi connectivity index (χ1v) is 10.1. The first-order valence-electron chi connectivity index (χ1n) is 10.1. The van der Waals surface area contributed by atoms with Crippen molar-refractivity contribution in [3.05, 3.63) is 53.6 Å². The lowest BCUT2D eigenvalue weighted by Gasteiger charge is -2.27. The molecule has 0 N–H and O–H groups in total. The molecule has 5 heteroatoms. The molecule has 0 aromatic heterocycles. The molecule has 0 saturated carbocycles. The zero-order chi connectivity index (χ0) is 19.3. The quantitative estimate of drug-likeness (QED) is 0.701. The number of carbonyl (C=O) groups excluding carboxylic acids is 1. The van der Waals surface area contributed by atoms with Crippen LogP contribution in [0.3, 0.4) is 0 Å². The van der Waals surface area contributed by atoms with Gasteiger partial charge in [0.15, 0.2) is 11.5 Å². The van der Waals surface area contributed by atoms with Crippen LogP contribution >= 0.6 is 0 Å². The number of hydrogen-bond acceptors (Lipinski definition) is 4. The Labute approximate surface area is 166 Å². The van der Waals surface area contributed by atoms with Crippen LogP contribution in [0.2, 0.25) is 0 Å². The van der Waals surface area contributed by atoms with Crippen molar-refractivity contribution in [3.8, 4) is 17.2 Å². The van der Waals surface area contributed by atoms with Crippen molar-refractivity contribution in [2.45, 2.75) is 38.6 Å². The zero-order valence-corrected chi connectivity index (χ0v) is 16.4. The van der Waals surface area contributed by atoms with Gasteiger partial charge in [0, 0.05) is 13.0 Å². The van der Waals surface area contributed by atoms with Gasteiger partial charge in [-0.25, -0.2) is 0 Å². The summed E-state index contributed by atoms with van der Waals surface area (Å²) in [6.07, 6.45) is 3.25. The standard InChI is InChI=1S/C23H27NO4/c1-17-6-2-3-8-20(17)26-13-5-9-23(25)24-12-4-7-19(24)18-10-11-21-22(16-18)28-15-14-27-21/h2-3,6,8,10-11,16,19H,4-5,7,9,12-15H2,1H3. The maximum Gasteiger partial charge on any atom is 0.223 e. The molecule has 4 rings (SSSR count). The normalized spacial score (nSPS) is 18.2. The van der Waals surface area contributed by atoms with E-state index >= 15 is 0 Å². The zero-order valence-electron chi connectivity index (χ0n) is 16.4. The number of benzene rings is 2. The third kappa shape index (κ3) is 4.08. The average molecular weight is 381 g/mol. The number of ether oxygens (including phenoxy) is 3. The van der Waals surface area contributed by atoms with Gasteiger partial charge in [-0.3, -0.25) is 4.79 Å². The van der Waals surface area contributed by atoms with Crippen LogP contribution in [0, 0.1) is 6.92 Å². The van der Waals surface area contributed by atoms with Crippen molar-refractivity contribution >= 4 is 5.91 Å². The second-order valence-corrected chi connectivity index (χ2v) is 7.37. The van der Waals surface area contributed by atoms with E-state index in [2.05, 4.69) is 6.07 Å². The van der Waals surface area contributed by atoms with E-state index in [1.54, 1.807) is 0 Å². The molecular weight excluding hydrogens is 354 g/mol. The maximum absolute atomic E-state index is 12.8. The largest absolute Gasteiger partial charge is 0.493 e. The first-order chi connectivity index (χ1) is 13.7. The Morgan fingerprint density at radius 1 is 1.14 bits per heavy atom. The third-order valence-corrected chi connectivity index (χ3v) is 5.41. The Morgan fingerprint density at radius 2 is 1.96 bits per heavy atom. The van der Waals surface area contributed by atoms with Crippen molar-refractivity contribution < 1.29 is 19.0 Å². The van der Waals surface area contributed by atoms with E-state index in [9.17, 15) is 4.79 Å². The third-order valence-electron chi connectivity index (χ3n) is 5.41. The van der Waals surface area contributed by atoms with Gasteiger partial charge in [0.2, 0.25) is 5.91 Å². The summed E-state index contributed by atoms with van der Waals surface area (Å²) in [5.41, 5.74) is 2.25. The van der Waals surface area contributed by atoms with Gasteiger partial charge in [0.1, 0.15) is 19.0 Å². The van der Waals surface area contributed by atoms with Gasteiger partial charge >= 0.3 is 0 Å². The number of para-hydroxylation sites is 1. The van der Waals surface area contributed by atoms with E-state index in [1.165, 1.54) is 0 Å². The lowest BCUT2D eigenvalue weighted by molar-refractivity contribution is -0.132. The SMILES string of the molecule is Cc1ccccc1OCCCC(=O)N1CCCC1c1ccc2c(c1)OCCO2. The maximum atomic E-state index is 12.8. The molecule has 1 unspecified atom stereocenters. The minimum absolute atomic E-state index is 0.126. The molecule has 0 aliphatic carbocycles. The summed E-state index contributed by atoms with van der Waals surface area (Å²) in [7, 11) is 0. The molecule has 5 nitrogen and oxygen atoms in total. The molecule has 1 atom stereocenters. The van der Waals surface area contributed by atoms with Crippen molar-refractivity contribution in [1.82, 2.24) is 4.90 Å². The molecule has 148 valence electrons. The predicted molar refractivity (Wildman–Crippen MR) is 107 cm³/mol. The van der Waals surface area contributed by atoms with E-state index in [1.807, 2.05) is 48.2 Å². The molecule has 1 amide bonds. The van der Waals surface area contributed by atoms with E-state index in [0.29, 0.717) is 26.2 Å². The Kier molecular flexibility index (Phi) is 5.70. The highest BCUT2D eigenvalue weighted by Crippen LogP contribution is 2.38. The molecule has 2 heterocycles. The van der Waals surface area contributed by atoms with Crippen molar-refractivity contribution in [2.24, 2.45) is 0 Å². The molecule has 0 spiro atoms. The number of likely N-dealkylation sites (tertiary alicyclic amines) is 1. The van der Waals surface area contributed by atoms with Crippen LogP contribution in [0.25, 0.3) is 0 Å². The smallest absolute Gasteiger partial charge is 0.223 e. The van der Waals surface area contributed by atoms with Gasteiger partial charge in [0.25, 0.3) is 0 Å². The number of fused-ring (bicyclic) bond motifs is 1. The second-order valence-electron chi connectivity index (χ2n) is 7.37. The van der Waals surface area contributed by atoms with Crippen LogP contribution < -0.4 is 14.2 Å². The van der Waals surface area contributed by atoms with Crippen LogP contribution in [-0.2, 0) is 4.79 Å². The molecule has 2 aliphatic rings.